The third-order valence-corrected chi connectivity index (χ3v) is 6.88. The van der Waals surface area contributed by atoms with Gasteiger partial charge < -0.3 is 14.4 Å². The van der Waals surface area contributed by atoms with Gasteiger partial charge in [-0.2, -0.15) is 0 Å². The van der Waals surface area contributed by atoms with Crippen LogP contribution in [0.5, 0.6) is 0 Å². The first-order chi connectivity index (χ1) is 16.0. The van der Waals surface area contributed by atoms with E-state index in [1.54, 1.807) is 0 Å². The van der Waals surface area contributed by atoms with E-state index < -0.39 is 0 Å². The average molecular weight is 442 g/mol. The SMILES string of the molecule is CN(C)CC1CCN(c2ccc3c(c2)Cn2cc(-c4ccc(F)cc4)cc2-c2nccn2-3)C1. The van der Waals surface area contributed by atoms with Gasteiger partial charge in [-0.3, -0.25) is 4.57 Å². The van der Waals surface area contributed by atoms with Crippen molar-refractivity contribution >= 4 is 5.69 Å². The van der Waals surface area contributed by atoms with E-state index in [9.17, 15) is 4.39 Å². The van der Waals surface area contributed by atoms with Gasteiger partial charge in [0.25, 0.3) is 0 Å². The largest absolute Gasteiger partial charge is 0.371 e. The first kappa shape index (κ1) is 20.2. The quantitative estimate of drug-likeness (QED) is 0.397. The molecule has 1 saturated heterocycles. The number of fused-ring (bicyclic) bond motifs is 5. The van der Waals surface area contributed by atoms with Gasteiger partial charge in [0, 0.05) is 56.0 Å². The van der Waals surface area contributed by atoms with Crippen molar-refractivity contribution in [2.24, 2.45) is 5.92 Å². The van der Waals surface area contributed by atoms with Crippen LogP contribution >= 0.6 is 0 Å². The first-order valence-corrected chi connectivity index (χ1v) is 11.6. The molecule has 5 nitrogen and oxygen atoms in total. The molecule has 2 aromatic heterocycles. The Balaban J connectivity index is 1.37. The molecule has 0 bridgehead atoms. The summed E-state index contributed by atoms with van der Waals surface area (Å²) < 4.78 is 17.9. The molecule has 4 heterocycles. The Hall–Kier alpha value is -3.38. The van der Waals surface area contributed by atoms with Gasteiger partial charge in [0.05, 0.1) is 11.4 Å². The maximum Gasteiger partial charge on any atom is 0.161 e. The summed E-state index contributed by atoms with van der Waals surface area (Å²) in [6.07, 6.45) is 7.30. The standard InChI is InChI=1S/C27H28FN5/c1-30(2)15-19-9-11-31(16-19)24-7-8-25-22(13-24)18-32-17-21(20-3-5-23(28)6-4-20)14-26(32)27-29-10-12-33(25)27/h3-8,10,12-14,17,19H,9,11,15-16,18H2,1-2H3. The number of hydrogen-bond donors (Lipinski definition) is 0. The Morgan fingerprint density at radius 3 is 2.73 bits per heavy atom. The number of rotatable bonds is 4. The molecule has 1 atom stereocenters. The Labute approximate surface area is 193 Å². The van der Waals surface area contributed by atoms with Crippen molar-refractivity contribution in [2.45, 2.75) is 13.0 Å². The molecule has 33 heavy (non-hydrogen) atoms. The molecule has 1 fully saturated rings. The number of anilines is 1. The summed E-state index contributed by atoms with van der Waals surface area (Å²) in [5.74, 6) is 1.43. The fourth-order valence-corrected chi connectivity index (χ4v) is 5.36. The predicted octanol–water partition coefficient (Wildman–Crippen LogP) is 4.90. The van der Waals surface area contributed by atoms with Crippen LogP contribution in [0.3, 0.4) is 0 Å². The maximum atomic E-state index is 13.4. The highest BCUT2D eigenvalue weighted by molar-refractivity contribution is 5.72. The van der Waals surface area contributed by atoms with Gasteiger partial charge in [0.1, 0.15) is 5.82 Å². The number of benzene rings is 2. The maximum absolute atomic E-state index is 13.4. The van der Waals surface area contributed by atoms with Gasteiger partial charge in [-0.1, -0.05) is 12.1 Å². The molecular weight excluding hydrogens is 413 g/mol. The molecule has 0 saturated carbocycles. The van der Waals surface area contributed by atoms with E-state index in [0.29, 0.717) is 5.92 Å². The lowest BCUT2D eigenvalue weighted by molar-refractivity contribution is 0.340. The second-order valence-electron chi connectivity index (χ2n) is 9.55. The van der Waals surface area contributed by atoms with Gasteiger partial charge in [-0.25, -0.2) is 9.37 Å². The van der Waals surface area contributed by atoms with Gasteiger partial charge in [-0.15, -0.1) is 0 Å². The molecule has 2 aliphatic heterocycles. The van der Waals surface area contributed by atoms with Crippen LogP contribution in [0.4, 0.5) is 10.1 Å². The van der Waals surface area contributed by atoms with Crippen LogP contribution < -0.4 is 4.90 Å². The highest BCUT2D eigenvalue weighted by Gasteiger charge is 2.25. The Morgan fingerprint density at radius 1 is 1.06 bits per heavy atom. The third-order valence-electron chi connectivity index (χ3n) is 6.88. The zero-order valence-corrected chi connectivity index (χ0v) is 19.1. The fourth-order valence-electron chi connectivity index (χ4n) is 5.36. The van der Waals surface area contributed by atoms with E-state index in [0.717, 1.165) is 48.8 Å². The Bertz CT molecular complexity index is 1300. The van der Waals surface area contributed by atoms with Crippen LogP contribution in [0.25, 0.3) is 28.3 Å². The van der Waals surface area contributed by atoms with Crippen LogP contribution in [0.1, 0.15) is 12.0 Å². The molecule has 0 radical (unpaired) electrons. The second kappa shape index (κ2) is 7.89. The number of hydrogen-bond acceptors (Lipinski definition) is 3. The lowest BCUT2D eigenvalue weighted by Crippen LogP contribution is -2.25. The first-order valence-electron chi connectivity index (χ1n) is 11.6. The highest BCUT2D eigenvalue weighted by Crippen LogP contribution is 2.36. The van der Waals surface area contributed by atoms with E-state index in [-0.39, 0.29) is 5.82 Å². The molecule has 0 amide bonds. The van der Waals surface area contributed by atoms with Gasteiger partial charge in [0.2, 0.25) is 0 Å². The topological polar surface area (TPSA) is 29.2 Å². The minimum atomic E-state index is -0.216. The van der Waals surface area contributed by atoms with E-state index in [4.69, 9.17) is 0 Å². The van der Waals surface area contributed by atoms with Crippen LogP contribution in [0, 0.1) is 11.7 Å². The summed E-state index contributed by atoms with van der Waals surface area (Å²) in [5, 5.41) is 0. The number of nitrogens with zero attached hydrogens (tertiary/aromatic N) is 5. The van der Waals surface area contributed by atoms with Crippen LogP contribution in [-0.2, 0) is 6.54 Å². The molecule has 6 heteroatoms. The highest BCUT2D eigenvalue weighted by atomic mass is 19.1. The van der Waals surface area contributed by atoms with Crippen molar-refractivity contribution in [3.8, 4) is 28.3 Å². The summed E-state index contributed by atoms with van der Waals surface area (Å²) in [7, 11) is 4.31. The summed E-state index contributed by atoms with van der Waals surface area (Å²) >= 11 is 0. The molecule has 0 N–H and O–H groups in total. The van der Waals surface area contributed by atoms with E-state index >= 15 is 0 Å². The summed E-state index contributed by atoms with van der Waals surface area (Å²) in [6.45, 7) is 4.13. The number of halogens is 1. The lowest BCUT2D eigenvalue weighted by atomic mass is 10.1. The molecule has 4 aromatic rings. The zero-order chi connectivity index (χ0) is 22.5. The number of imidazole rings is 1. The Morgan fingerprint density at radius 2 is 1.91 bits per heavy atom. The summed E-state index contributed by atoms with van der Waals surface area (Å²) in [4.78, 5) is 9.49. The summed E-state index contributed by atoms with van der Waals surface area (Å²) in [5.41, 5.74) is 6.92. The molecule has 2 aromatic carbocycles. The van der Waals surface area contributed by atoms with Crippen LogP contribution in [0.15, 0.2) is 67.1 Å². The zero-order valence-electron chi connectivity index (χ0n) is 19.1. The second-order valence-corrected chi connectivity index (χ2v) is 9.55. The van der Waals surface area contributed by atoms with Gasteiger partial charge >= 0.3 is 0 Å². The molecule has 6 rings (SSSR count). The molecule has 0 spiro atoms. The molecule has 2 aliphatic rings. The van der Waals surface area contributed by atoms with E-state index in [2.05, 4.69) is 68.5 Å². The van der Waals surface area contributed by atoms with Crippen molar-refractivity contribution in [3.05, 3.63) is 78.5 Å². The predicted molar refractivity (Wildman–Crippen MR) is 130 cm³/mol. The minimum Gasteiger partial charge on any atom is -0.371 e. The molecule has 1 unspecified atom stereocenters. The smallest absolute Gasteiger partial charge is 0.161 e. The molecular formula is C27H28FN5. The third kappa shape index (κ3) is 3.64. The van der Waals surface area contributed by atoms with Crippen molar-refractivity contribution in [1.29, 1.82) is 0 Å². The number of aromatic nitrogens is 3. The Kier molecular flexibility index (Phi) is 4.84. The van der Waals surface area contributed by atoms with Crippen LogP contribution in [0.2, 0.25) is 0 Å². The summed E-state index contributed by atoms with van der Waals surface area (Å²) in [6, 6.07) is 15.7. The van der Waals surface area contributed by atoms with Crippen molar-refractivity contribution in [2.75, 3.05) is 38.6 Å². The van der Waals surface area contributed by atoms with Crippen molar-refractivity contribution in [3.63, 3.8) is 0 Å². The minimum absolute atomic E-state index is 0.216. The van der Waals surface area contributed by atoms with Crippen molar-refractivity contribution < 1.29 is 4.39 Å². The van der Waals surface area contributed by atoms with Gasteiger partial charge in [0.15, 0.2) is 5.82 Å². The van der Waals surface area contributed by atoms with Gasteiger partial charge in [-0.05, 0) is 74.0 Å². The van der Waals surface area contributed by atoms with Crippen LogP contribution in [-0.4, -0.2) is 52.7 Å². The monoisotopic (exact) mass is 441 g/mol. The van der Waals surface area contributed by atoms with E-state index in [1.807, 2.05) is 24.5 Å². The molecule has 168 valence electrons. The lowest BCUT2D eigenvalue weighted by Gasteiger charge is -2.22. The average Bonchev–Trinajstić information content (AvgIpc) is 3.53. The van der Waals surface area contributed by atoms with Crippen molar-refractivity contribution in [1.82, 2.24) is 19.0 Å². The molecule has 0 aliphatic carbocycles. The fraction of sp³-hybridized carbons (Fsp3) is 0.296. The normalized spacial score (nSPS) is 17.1. The van der Waals surface area contributed by atoms with E-state index in [1.165, 1.54) is 35.5 Å².